The lowest BCUT2D eigenvalue weighted by Crippen LogP contribution is -2.41. The molecule has 0 spiro atoms. The normalized spacial score (nSPS) is 27.7. The zero-order valence-corrected chi connectivity index (χ0v) is 12.4. The number of benzene rings is 1. The van der Waals surface area contributed by atoms with Crippen molar-refractivity contribution >= 4 is 0 Å². The van der Waals surface area contributed by atoms with Crippen LogP contribution in [0, 0.1) is 0 Å². The molecule has 1 aromatic rings. The highest BCUT2D eigenvalue weighted by atomic mass is 16.5. The molecule has 20 heavy (non-hydrogen) atoms. The van der Waals surface area contributed by atoms with Gasteiger partial charge in [0.25, 0.3) is 0 Å². The molecule has 0 bridgehead atoms. The Balaban J connectivity index is 1.64. The Morgan fingerprint density at radius 3 is 2.95 bits per heavy atom. The minimum atomic E-state index is -0.0124. The maximum Gasteiger partial charge on any atom is 0.0779 e. The first-order valence-electron chi connectivity index (χ1n) is 7.87. The summed E-state index contributed by atoms with van der Waals surface area (Å²) < 4.78 is 5.84. The largest absolute Gasteiger partial charge is 0.374 e. The maximum atomic E-state index is 5.97. The van der Waals surface area contributed by atoms with Crippen LogP contribution in [0.1, 0.15) is 55.7 Å². The van der Waals surface area contributed by atoms with Gasteiger partial charge in [0, 0.05) is 25.7 Å². The van der Waals surface area contributed by atoms with Gasteiger partial charge in [-0.05, 0) is 49.7 Å². The zero-order chi connectivity index (χ0) is 14.0. The van der Waals surface area contributed by atoms with Gasteiger partial charge in [0.2, 0.25) is 0 Å². The van der Waals surface area contributed by atoms with Gasteiger partial charge in [-0.25, -0.2) is 0 Å². The van der Waals surface area contributed by atoms with Gasteiger partial charge in [0.15, 0.2) is 0 Å². The van der Waals surface area contributed by atoms with E-state index in [9.17, 15) is 0 Å². The monoisotopic (exact) mass is 274 g/mol. The Kier molecular flexibility index (Phi) is 4.11. The third-order valence-electron chi connectivity index (χ3n) is 4.62. The van der Waals surface area contributed by atoms with Crippen LogP contribution in [0.25, 0.3) is 0 Å². The Hall–Kier alpha value is -0.900. The van der Waals surface area contributed by atoms with E-state index in [0.717, 1.165) is 25.5 Å². The summed E-state index contributed by atoms with van der Waals surface area (Å²) in [5.74, 6) is 0.795. The lowest BCUT2D eigenvalue weighted by Gasteiger charge is -2.27. The molecule has 1 aliphatic heterocycles. The van der Waals surface area contributed by atoms with Gasteiger partial charge in [-0.15, -0.1) is 0 Å². The van der Waals surface area contributed by atoms with Crippen molar-refractivity contribution in [1.82, 2.24) is 5.32 Å². The molecule has 0 aromatic heterocycles. The quantitative estimate of drug-likeness (QED) is 0.838. The van der Waals surface area contributed by atoms with Crippen LogP contribution < -0.4 is 11.1 Å². The molecule has 3 rings (SSSR count). The van der Waals surface area contributed by atoms with Crippen LogP contribution in [0.5, 0.6) is 0 Å². The molecule has 1 aliphatic carbocycles. The molecule has 2 fully saturated rings. The van der Waals surface area contributed by atoms with E-state index >= 15 is 0 Å². The van der Waals surface area contributed by atoms with Gasteiger partial charge in [-0.1, -0.05) is 24.3 Å². The van der Waals surface area contributed by atoms with Crippen molar-refractivity contribution in [3.8, 4) is 0 Å². The molecule has 3 nitrogen and oxygen atoms in total. The van der Waals surface area contributed by atoms with Crippen molar-refractivity contribution in [3.05, 3.63) is 35.4 Å². The van der Waals surface area contributed by atoms with E-state index in [4.69, 9.17) is 10.5 Å². The van der Waals surface area contributed by atoms with Crippen LogP contribution in [-0.4, -0.2) is 25.3 Å². The summed E-state index contributed by atoms with van der Waals surface area (Å²) in [7, 11) is 0. The SMILES string of the molecule is CC1(CNC(CN)c2cccc(C3CC3)c2)CCCO1. The molecule has 1 saturated heterocycles. The molecular formula is C17H26N2O. The fourth-order valence-corrected chi connectivity index (χ4v) is 3.10. The second-order valence-electron chi connectivity index (χ2n) is 6.52. The van der Waals surface area contributed by atoms with Gasteiger partial charge < -0.3 is 15.8 Å². The Morgan fingerprint density at radius 1 is 1.45 bits per heavy atom. The summed E-state index contributed by atoms with van der Waals surface area (Å²) in [6.07, 6.45) is 4.99. The first kappa shape index (κ1) is 14.1. The average Bonchev–Trinajstić information content (AvgIpc) is 3.23. The maximum absolute atomic E-state index is 5.97. The smallest absolute Gasteiger partial charge is 0.0779 e. The molecule has 110 valence electrons. The number of rotatable bonds is 6. The Labute approximate surface area is 121 Å². The second kappa shape index (κ2) is 5.84. The number of hydrogen-bond donors (Lipinski definition) is 2. The standard InChI is InChI=1S/C17H26N2O/c1-17(8-3-9-20-17)12-19-16(11-18)15-5-2-4-14(10-15)13-6-7-13/h2,4-5,10,13,16,19H,3,6-9,11-12,18H2,1H3. The van der Waals surface area contributed by atoms with E-state index < -0.39 is 0 Å². The lowest BCUT2D eigenvalue weighted by molar-refractivity contribution is 0.0189. The summed E-state index contributed by atoms with van der Waals surface area (Å²) in [4.78, 5) is 0. The summed E-state index contributed by atoms with van der Waals surface area (Å²) in [5.41, 5.74) is 8.75. The van der Waals surface area contributed by atoms with E-state index in [1.54, 1.807) is 0 Å². The topological polar surface area (TPSA) is 47.3 Å². The number of nitrogens with one attached hydrogen (secondary N) is 1. The zero-order valence-electron chi connectivity index (χ0n) is 12.4. The number of hydrogen-bond acceptors (Lipinski definition) is 3. The molecule has 2 unspecified atom stereocenters. The summed E-state index contributed by atoms with van der Waals surface area (Å²) in [5, 5.41) is 3.60. The third kappa shape index (κ3) is 3.22. The van der Waals surface area contributed by atoms with Crippen LogP contribution in [0.4, 0.5) is 0 Å². The first-order valence-corrected chi connectivity index (χ1v) is 7.87. The van der Waals surface area contributed by atoms with Crippen LogP contribution >= 0.6 is 0 Å². The highest BCUT2D eigenvalue weighted by molar-refractivity contribution is 5.31. The van der Waals surface area contributed by atoms with Crippen LogP contribution in [-0.2, 0) is 4.74 Å². The van der Waals surface area contributed by atoms with E-state index in [1.807, 2.05) is 0 Å². The summed E-state index contributed by atoms with van der Waals surface area (Å²) >= 11 is 0. The van der Waals surface area contributed by atoms with E-state index in [2.05, 4.69) is 36.5 Å². The minimum Gasteiger partial charge on any atom is -0.374 e. The fourth-order valence-electron chi connectivity index (χ4n) is 3.10. The second-order valence-corrected chi connectivity index (χ2v) is 6.52. The molecule has 3 N–H and O–H groups in total. The van der Waals surface area contributed by atoms with Gasteiger partial charge in [0.1, 0.15) is 0 Å². The highest BCUT2D eigenvalue weighted by Gasteiger charge is 2.30. The van der Waals surface area contributed by atoms with Gasteiger partial charge in [-0.3, -0.25) is 0 Å². The van der Waals surface area contributed by atoms with Gasteiger partial charge in [0.05, 0.1) is 5.60 Å². The molecule has 3 heteroatoms. The molecule has 1 saturated carbocycles. The van der Waals surface area contributed by atoms with Crippen molar-refractivity contribution in [2.75, 3.05) is 19.7 Å². The van der Waals surface area contributed by atoms with Crippen molar-refractivity contribution in [1.29, 1.82) is 0 Å². The Bertz CT molecular complexity index is 450. The van der Waals surface area contributed by atoms with Crippen molar-refractivity contribution in [2.45, 2.75) is 50.2 Å². The van der Waals surface area contributed by atoms with Crippen molar-refractivity contribution in [2.24, 2.45) is 5.73 Å². The molecule has 1 aromatic carbocycles. The van der Waals surface area contributed by atoms with Crippen LogP contribution in [0.3, 0.4) is 0 Å². The van der Waals surface area contributed by atoms with E-state index in [0.29, 0.717) is 6.54 Å². The predicted molar refractivity (Wildman–Crippen MR) is 81.8 cm³/mol. The number of ether oxygens (including phenoxy) is 1. The first-order chi connectivity index (χ1) is 9.70. The summed E-state index contributed by atoms with van der Waals surface area (Å²) in [6, 6.07) is 9.17. The minimum absolute atomic E-state index is 0.0124. The molecule has 0 amide bonds. The highest BCUT2D eigenvalue weighted by Crippen LogP contribution is 2.40. The number of nitrogens with two attached hydrogens (primary N) is 1. The predicted octanol–water partition coefficient (Wildman–Crippen LogP) is 2.72. The molecular weight excluding hydrogens is 248 g/mol. The van der Waals surface area contributed by atoms with E-state index in [-0.39, 0.29) is 11.6 Å². The summed E-state index contributed by atoms with van der Waals surface area (Å²) in [6.45, 7) is 4.59. The van der Waals surface area contributed by atoms with Gasteiger partial charge >= 0.3 is 0 Å². The van der Waals surface area contributed by atoms with Gasteiger partial charge in [-0.2, -0.15) is 0 Å². The molecule has 2 atom stereocenters. The molecule has 0 radical (unpaired) electrons. The average molecular weight is 274 g/mol. The fraction of sp³-hybridized carbons (Fsp3) is 0.647. The van der Waals surface area contributed by atoms with Crippen LogP contribution in [0.15, 0.2) is 24.3 Å². The van der Waals surface area contributed by atoms with Crippen molar-refractivity contribution in [3.63, 3.8) is 0 Å². The van der Waals surface area contributed by atoms with Crippen molar-refractivity contribution < 1.29 is 4.74 Å². The van der Waals surface area contributed by atoms with Crippen LogP contribution in [0.2, 0.25) is 0 Å². The molecule has 2 aliphatic rings. The molecule has 1 heterocycles. The van der Waals surface area contributed by atoms with E-state index in [1.165, 1.54) is 30.4 Å². The Morgan fingerprint density at radius 2 is 2.30 bits per heavy atom. The third-order valence-corrected chi connectivity index (χ3v) is 4.62. The lowest BCUT2D eigenvalue weighted by atomic mass is 9.99.